The fourth-order valence-corrected chi connectivity index (χ4v) is 1.91. The molecule has 0 saturated carbocycles. The summed E-state index contributed by atoms with van der Waals surface area (Å²) in [5.74, 6) is -0.140. The molecule has 0 radical (unpaired) electrons. The second-order valence-electron chi connectivity index (χ2n) is 4.23. The van der Waals surface area contributed by atoms with Crippen LogP contribution in [-0.2, 0) is 4.79 Å². The molecular formula is C12H16N4O2. The van der Waals surface area contributed by atoms with Gasteiger partial charge in [-0.2, -0.15) is 0 Å². The van der Waals surface area contributed by atoms with E-state index in [2.05, 4.69) is 16.0 Å². The first kappa shape index (κ1) is 12.2. The summed E-state index contributed by atoms with van der Waals surface area (Å²) >= 11 is 0. The molecular weight excluding hydrogens is 232 g/mol. The Morgan fingerprint density at radius 3 is 2.83 bits per heavy atom. The molecule has 5 N–H and O–H groups in total. The zero-order chi connectivity index (χ0) is 13.1. The molecule has 0 aliphatic carbocycles. The van der Waals surface area contributed by atoms with Crippen molar-refractivity contribution < 1.29 is 9.59 Å². The topological polar surface area (TPSA) is 96.2 Å². The summed E-state index contributed by atoms with van der Waals surface area (Å²) in [6.45, 7) is 0.593. The van der Waals surface area contributed by atoms with Gasteiger partial charge in [0.25, 0.3) is 5.91 Å². The Morgan fingerprint density at radius 2 is 2.28 bits per heavy atom. The Hall–Kier alpha value is -2.24. The summed E-state index contributed by atoms with van der Waals surface area (Å²) in [5.41, 5.74) is 7.63. The van der Waals surface area contributed by atoms with Crippen LogP contribution in [0.2, 0.25) is 0 Å². The Bertz CT molecular complexity index is 487. The highest BCUT2D eigenvalue weighted by atomic mass is 16.2. The van der Waals surface area contributed by atoms with Crippen LogP contribution in [0.5, 0.6) is 0 Å². The van der Waals surface area contributed by atoms with Crippen molar-refractivity contribution in [1.29, 1.82) is 0 Å². The molecule has 1 unspecified atom stereocenters. The van der Waals surface area contributed by atoms with Gasteiger partial charge in [0.05, 0.1) is 17.4 Å². The summed E-state index contributed by atoms with van der Waals surface area (Å²) in [7, 11) is 1.57. The quantitative estimate of drug-likeness (QED) is 0.563. The molecule has 1 saturated heterocycles. The van der Waals surface area contributed by atoms with E-state index < -0.39 is 0 Å². The maximum Gasteiger partial charge on any atom is 0.251 e. The van der Waals surface area contributed by atoms with Crippen LogP contribution >= 0.6 is 0 Å². The van der Waals surface area contributed by atoms with Gasteiger partial charge < -0.3 is 21.7 Å². The molecule has 0 spiro atoms. The highest BCUT2D eigenvalue weighted by Crippen LogP contribution is 2.22. The van der Waals surface area contributed by atoms with Crippen molar-refractivity contribution in [1.82, 2.24) is 10.6 Å². The lowest BCUT2D eigenvalue weighted by Gasteiger charge is -2.14. The van der Waals surface area contributed by atoms with Gasteiger partial charge in [-0.05, 0) is 18.2 Å². The highest BCUT2D eigenvalue weighted by Gasteiger charge is 2.21. The molecule has 0 aromatic heterocycles. The lowest BCUT2D eigenvalue weighted by Crippen LogP contribution is -2.23. The van der Waals surface area contributed by atoms with Gasteiger partial charge in [0.15, 0.2) is 0 Å². The molecule has 96 valence electrons. The smallest absolute Gasteiger partial charge is 0.251 e. The predicted molar refractivity (Wildman–Crippen MR) is 69.3 cm³/mol. The standard InChI is InChI=1S/C12H16N4O2/c1-14-12(18)7-2-3-10(9(13)4-7)16-8-5-11(17)15-6-8/h2-4,8,16H,5-6,13H2,1H3,(H,14,18)(H,15,17). The lowest BCUT2D eigenvalue weighted by molar-refractivity contribution is -0.119. The van der Waals surface area contributed by atoms with Crippen LogP contribution in [0, 0.1) is 0 Å². The average molecular weight is 248 g/mol. The van der Waals surface area contributed by atoms with E-state index in [-0.39, 0.29) is 17.9 Å². The van der Waals surface area contributed by atoms with Gasteiger partial charge in [-0.3, -0.25) is 9.59 Å². The van der Waals surface area contributed by atoms with Gasteiger partial charge >= 0.3 is 0 Å². The fourth-order valence-electron chi connectivity index (χ4n) is 1.91. The van der Waals surface area contributed by atoms with Crippen molar-refractivity contribution in [3.05, 3.63) is 23.8 Å². The molecule has 1 aliphatic rings. The Morgan fingerprint density at radius 1 is 1.50 bits per heavy atom. The molecule has 1 aliphatic heterocycles. The zero-order valence-corrected chi connectivity index (χ0v) is 10.1. The number of nitrogen functional groups attached to an aromatic ring is 1. The molecule has 2 amide bonds. The van der Waals surface area contributed by atoms with E-state index in [1.807, 2.05) is 0 Å². The van der Waals surface area contributed by atoms with Crippen molar-refractivity contribution in [3.63, 3.8) is 0 Å². The number of rotatable bonds is 3. The predicted octanol–water partition coefficient (Wildman–Crippen LogP) is -0.0712. The van der Waals surface area contributed by atoms with E-state index in [0.29, 0.717) is 24.2 Å². The minimum Gasteiger partial charge on any atom is -0.397 e. The van der Waals surface area contributed by atoms with Gasteiger partial charge in [-0.1, -0.05) is 0 Å². The number of carbonyl (C=O) groups is 2. The van der Waals surface area contributed by atoms with Gasteiger partial charge in [-0.15, -0.1) is 0 Å². The molecule has 6 nitrogen and oxygen atoms in total. The van der Waals surface area contributed by atoms with Crippen LogP contribution in [-0.4, -0.2) is 31.4 Å². The maximum absolute atomic E-state index is 11.4. The molecule has 2 rings (SSSR count). The molecule has 1 atom stereocenters. The second kappa shape index (κ2) is 4.95. The van der Waals surface area contributed by atoms with Crippen molar-refractivity contribution in [2.24, 2.45) is 0 Å². The SMILES string of the molecule is CNC(=O)c1ccc(NC2CNC(=O)C2)c(N)c1. The van der Waals surface area contributed by atoms with E-state index in [1.165, 1.54) is 0 Å². The van der Waals surface area contributed by atoms with E-state index in [9.17, 15) is 9.59 Å². The first-order valence-electron chi connectivity index (χ1n) is 5.75. The first-order chi connectivity index (χ1) is 8.60. The van der Waals surface area contributed by atoms with E-state index in [4.69, 9.17) is 5.73 Å². The van der Waals surface area contributed by atoms with E-state index >= 15 is 0 Å². The third kappa shape index (κ3) is 2.53. The van der Waals surface area contributed by atoms with Crippen LogP contribution in [0.15, 0.2) is 18.2 Å². The normalized spacial score (nSPS) is 18.3. The van der Waals surface area contributed by atoms with Crippen molar-refractivity contribution in [2.45, 2.75) is 12.5 Å². The molecule has 0 bridgehead atoms. The van der Waals surface area contributed by atoms with Crippen molar-refractivity contribution in [2.75, 3.05) is 24.6 Å². The molecule has 6 heteroatoms. The molecule has 1 aromatic rings. The minimum atomic E-state index is -0.175. The highest BCUT2D eigenvalue weighted by molar-refractivity contribution is 5.96. The fraction of sp³-hybridized carbons (Fsp3) is 0.333. The molecule has 1 fully saturated rings. The van der Waals surface area contributed by atoms with Gasteiger partial charge in [0.1, 0.15) is 0 Å². The zero-order valence-electron chi connectivity index (χ0n) is 10.1. The molecule has 18 heavy (non-hydrogen) atoms. The summed E-state index contributed by atoms with van der Waals surface area (Å²) in [6, 6.07) is 5.11. The number of hydrogen-bond donors (Lipinski definition) is 4. The maximum atomic E-state index is 11.4. The summed E-state index contributed by atoms with van der Waals surface area (Å²) < 4.78 is 0. The monoisotopic (exact) mass is 248 g/mol. The molecule has 1 heterocycles. The van der Waals surface area contributed by atoms with Crippen molar-refractivity contribution >= 4 is 23.2 Å². The second-order valence-corrected chi connectivity index (χ2v) is 4.23. The largest absolute Gasteiger partial charge is 0.397 e. The van der Waals surface area contributed by atoms with Crippen molar-refractivity contribution in [3.8, 4) is 0 Å². The Balaban J connectivity index is 2.10. The third-order valence-corrected chi connectivity index (χ3v) is 2.88. The molecule has 1 aromatic carbocycles. The van der Waals surface area contributed by atoms with E-state index in [1.54, 1.807) is 25.2 Å². The summed E-state index contributed by atoms with van der Waals surface area (Å²) in [5, 5.41) is 8.46. The summed E-state index contributed by atoms with van der Waals surface area (Å²) in [4.78, 5) is 22.5. The number of hydrogen-bond acceptors (Lipinski definition) is 4. The van der Waals surface area contributed by atoms with Crippen LogP contribution in [0.4, 0.5) is 11.4 Å². The van der Waals surface area contributed by atoms with Gasteiger partial charge in [-0.25, -0.2) is 0 Å². The van der Waals surface area contributed by atoms with Crippen LogP contribution in [0.1, 0.15) is 16.8 Å². The first-order valence-corrected chi connectivity index (χ1v) is 5.75. The Labute approximate surface area is 105 Å². The third-order valence-electron chi connectivity index (χ3n) is 2.88. The van der Waals surface area contributed by atoms with Crippen LogP contribution < -0.4 is 21.7 Å². The van der Waals surface area contributed by atoms with Gasteiger partial charge in [0, 0.05) is 25.6 Å². The number of anilines is 2. The number of amides is 2. The number of nitrogens with one attached hydrogen (secondary N) is 3. The minimum absolute atomic E-state index is 0.0352. The average Bonchev–Trinajstić information content (AvgIpc) is 2.76. The number of benzene rings is 1. The lowest BCUT2D eigenvalue weighted by atomic mass is 10.1. The van der Waals surface area contributed by atoms with Crippen LogP contribution in [0.3, 0.4) is 0 Å². The van der Waals surface area contributed by atoms with Gasteiger partial charge in [0.2, 0.25) is 5.91 Å². The van der Waals surface area contributed by atoms with Crippen LogP contribution in [0.25, 0.3) is 0 Å². The number of carbonyl (C=O) groups excluding carboxylic acids is 2. The summed E-state index contributed by atoms with van der Waals surface area (Å²) in [6.07, 6.45) is 0.441. The Kier molecular flexibility index (Phi) is 3.36. The van der Waals surface area contributed by atoms with E-state index in [0.717, 1.165) is 5.69 Å². The number of nitrogens with two attached hydrogens (primary N) is 1.